The van der Waals surface area contributed by atoms with E-state index in [1.54, 1.807) is 0 Å². The first-order valence-electron chi connectivity index (χ1n) is 11.2. The van der Waals surface area contributed by atoms with Crippen molar-refractivity contribution in [3.05, 3.63) is 107 Å². The number of amides is 3. The maximum atomic E-state index is 12.7. The summed E-state index contributed by atoms with van der Waals surface area (Å²) in [6.45, 7) is 2.59. The Morgan fingerprint density at radius 1 is 0.727 bits per heavy atom. The second-order valence-corrected chi connectivity index (χ2v) is 7.69. The fourth-order valence-electron chi connectivity index (χ4n) is 3.29. The van der Waals surface area contributed by atoms with E-state index in [2.05, 4.69) is 24.5 Å². The Bertz CT molecular complexity index is 992. The van der Waals surface area contributed by atoms with Crippen LogP contribution in [0.3, 0.4) is 0 Å². The number of aryl methyl sites for hydroxylation is 1. The van der Waals surface area contributed by atoms with Crippen LogP contribution in [0.5, 0.6) is 0 Å². The predicted molar refractivity (Wildman–Crippen MR) is 127 cm³/mol. The van der Waals surface area contributed by atoms with Gasteiger partial charge in [0.25, 0.3) is 0 Å². The summed E-state index contributed by atoms with van der Waals surface area (Å²) in [6, 6.07) is 26.4. The number of hydrogen-bond acceptors (Lipinski definition) is 4. The summed E-state index contributed by atoms with van der Waals surface area (Å²) >= 11 is 0. The minimum atomic E-state index is -0.720. The molecule has 172 valence electrons. The fourth-order valence-corrected chi connectivity index (χ4v) is 3.29. The summed E-state index contributed by atoms with van der Waals surface area (Å²) in [5.41, 5.74) is 6.42. The van der Waals surface area contributed by atoms with Crippen molar-refractivity contribution in [2.75, 3.05) is 6.54 Å². The molecule has 0 saturated carbocycles. The van der Waals surface area contributed by atoms with Crippen molar-refractivity contribution in [2.24, 2.45) is 0 Å². The molecule has 3 rings (SSSR count). The summed E-state index contributed by atoms with van der Waals surface area (Å²) in [7, 11) is 0. The summed E-state index contributed by atoms with van der Waals surface area (Å²) in [5.74, 6) is 0. The van der Waals surface area contributed by atoms with Crippen molar-refractivity contribution in [2.45, 2.75) is 39.4 Å². The first-order chi connectivity index (χ1) is 16.2. The van der Waals surface area contributed by atoms with E-state index in [1.807, 2.05) is 72.8 Å². The molecule has 6 nitrogen and oxygen atoms in total. The molecule has 0 atom stereocenters. The van der Waals surface area contributed by atoms with Crippen LogP contribution in [0.15, 0.2) is 84.9 Å². The van der Waals surface area contributed by atoms with Gasteiger partial charge < -0.3 is 4.74 Å². The lowest BCUT2D eigenvalue weighted by molar-refractivity contribution is 0.0332. The maximum absolute atomic E-state index is 12.7. The van der Waals surface area contributed by atoms with E-state index >= 15 is 0 Å². The molecule has 0 fully saturated rings. The third-order valence-electron chi connectivity index (χ3n) is 5.10. The number of carbonyl (C=O) groups excluding carboxylic acids is 2. The zero-order valence-corrected chi connectivity index (χ0v) is 18.9. The number of urea groups is 1. The second kappa shape index (κ2) is 13.0. The molecule has 0 bridgehead atoms. The van der Waals surface area contributed by atoms with Crippen molar-refractivity contribution in [1.82, 2.24) is 10.4 Å². The van der Waals surface area contributed by atoms with Crippen molar-refractivity contribution in [3.8, 4) is 0 Å². The average Bonchev–Trinajstić information content (AvgIpc) is 2.85. The van der Waals surface area contributed by atoms with Crippen molar-refractivity contribution >= 4 is 12.1 Å². The van der Waals surface area contributed by atoms with Gasteiger partial charge in [-0.1, -0.05) is 98.3 Å². The minimum Gasteiger partial charge on any atom is -0.444 e. The lowest BCUT2D eigenvalue weighted by Gasteiger charge is -2.21. The molecule has 0 radical (unpaired) electrons. The zero-order valence-electron chi connectivity index (χ0n) is 18.9. The molecule has 0 aromatic heterocycles. The highest BCUT2D eigenvalue weighted by Gasteiger charge is 2.23. The fraction of sp³-hybridized carbons (Fsp3) is 0.259. The topological polar surface area (TPSA) is 67.9 Å². The molecule has 0 unspecified atom stereocenters. The second-order valence-electron chi connectivity index (χ2n) is 7.69. The van der Waals surface area contributed by atoms with E-state index in [9.17, 15) is 9.59 Å². The summed E-state index contributed by atoms with van der Waals surface area (Å²) in [5, 5.41) is 0. The van der Waals surface area contributed by atoms with E-state index < -0.39 is 12.1 Å². The SMILES string of the molecule is CCCc1ccc(CCN(C(=O)NOCc2ccccc2)C(=O)OCc2ccccc2)cc1. The smallest absolute Gasteiger partial charge is 0.418 e. The number of nitrogens with one attached hydrogen (secondary N) is 1. The monoisotopic (exact) mass is 446 g/mol. The molecule has 3 aromatic carbocycles. The van der Waals surface area contributed by atoms with Crippen LogP contribution in [0.1, 0.15) is 35.6 Å². The number of rotatable bonds is 10. The third-order valence-corrected chi connectivity index (χ3v) is 5.10. The summed E-state index contributed by atoms with van der Waals surface area (Å²) in [4.78, 5) is 31.8. The molecule has 6 heteroatoms. The van der Waals surface area contributed by atoms with Crippen LogP contribution >= 0.6 is 0 Å². The average molecular weight is 447 g/mol. The number of benzene rings is 3. The number of hydroxylamine groups is 1. The number of carbonyl (C=O) groups is 2. The molecular formula is C27H30N2O4. The molecule has 0 aliphatic heterocycles. The van der Waals surface area contributed by atoms with Gasteiger partial charge >= 0.3 is 12.1 Å². The Balaban J connectivity index is 1.59. The minimum absolute atomic E-state index is 0.0834. The quantitative estimate of drug-likeness (QED) is 0.408. The third kappa shape index (κ3) is 8.09. The van der Waals surface area contributed by atoms with E-state index in [4.69, 9.17) is 9.57 Å². The van der Waals surface area contributed by atoms with E-state index in [-0.39, 0.29) is 19.8 Å². The number of ether oxygens (including phenoxy) is 1. The zero-order chi connectivity index (χ0) is 23.3. The Morgan fingerprint density at radius 2 is 1.27 bits per heavy atom. The van der Waals surface area contributed by atoms with Crippen molar-refractivity contribution in [1.29, 1.82) is 0 Å². The lowest BCUT2D eigenvalue weighted by Crippen LogP contribution is -2.45. The van der Waals surface area contributed by atoms with Gasteiger partial charge in [0.15, 0.2) is 0 Å². The van der Waals surface area contributed by atoms with Gasteiger partial charge in [-0.25, -0.2) is 20.0 Å². The first-order valence-corrected chi connectivity index (χ1v) is 11.2. The van der Waals surface area contributed by atoms with Crippen LogP contribution in [0.4, 0.5) is 9.59 Å². The lowest BCUT2D eigenvalue weighted by atomic mass is 10.1. The predicted octanol–water partition coefficient (Wildman–Crippen LogP) is 5.66. The van der Waals surface area contributed by atoms with Crippen LogP contribution in [-0.2, 0) is 35.6 Å². The van der Waals surface area contributed by atoms with Crippen molar-refractivity contribution < 1.29 is 19.2 Å². The van der Waals surface area contributed by atoms with Crippen LogP contribution in [-0.4, -0.2) is 23.6 Å². The summed E-state index contributed by atoms with van der Waals surface area (Å²) < 4.78 is 5.39. The summed E-state index contributed by atoms with van der Waals surface area (Å²) in [6.07, 6.45) is 1.91. The Morgan fingerprint density at radius 3 is 1.85 bits per heavy atom. The van der Waals surface area contributed by atoms with Gasteiger partial charge in [0.1, 0.15) is 6.61 Å². The molecule has 3 aromatic rings. The highest BCUT2D eigenvalue weighted by Crippen LogP contribution is 2.10. The highest BCUT2D eigenvalue weighted by atomic mass is 16.7. The standard InChI is InChI=1S/C27H30N2O4/c1-2-9-22-14-16-23(17-15-22)18-19-29(27(31)32-20-24-10-5-3-6-11-24)26(30)28-33-21-25-12-7-4-8-13-25/h3-8,10-17H,2,9,18-21H2,1H3,(H,28,30). The molecule has 0 spiro atoms. The molecule has 1 N–H and O–H groups in total. The maximum Gasteiger partial charge on any atom is 0.418 e. The van der Waals surface area contributed by atoms with Crippen LogP contribution < -0.4 is 5.48 Å². The highest BCUT2D eigenvalue weighted by molar-refractivity contribution is 5.90. The Kier molecular flexibility index (Phi) is 9.48. The van der Waals surface area contributed by atoms with Crippen LogP contribution in [0, 0.1) is 0 Å². The van der Waals surface area contributed by atoms with Gasteiger partial charge in [-0.05, 0) is 35.1 Å². The van der Waals surface area contributed by atoms with Gasteiger partial charge in [-0.15, -0.1) is 0 Å². The Labute approximate surface area is 195 Å². The van der Waals surface area contributed by atoms with E-state index in [0.717, 1.165) is 34.4 Å². The van der Waals surface area contributed by atoms with Crippen LogP contribution in [0.25, 0.3) is 0 Å². The van der Waals surface area contributed by atoms with Gasteiger partial charge in [-0.3, -0.25) is 4.84 Å². The largest absolute Gasteiger partial charge is 0.444 e. The number of imide groups is 1. The number of nitrogens with zero attached hydrogens (tertiary/aromatic N) is 1. The van der Waals surface area contributed by atoms with Gasteiger partial charge in [0.05, 0.1) is 6.61 Å². The molecule has 3 amide bonds. The van der Waals surface area contributed by atoms with Crippen LogP contribution in [0.2, 0.25) is 0 Å². The molecule has 33 heavy (non-hydrogen) atoms. The molecule has 0 heterocycles. The Hall–Kier alpha value is -3.64. The molecular weight excluding hydrogens is 416 g/mol. The van der Waals surface area contributed by atoms with E-state index in [1.165, 1.54) is 5.56 Å². The van der Waals surface area contributed by atoms with Gasteiger partial charge in [0.2, 0.25) is 0 Å². The molecule has 0 saturated heterocycles. The van der Waals surface area contributed by atoms with Gasteiger partial charge in [0, 0.05) is 6.54 Å². The van der Waals surface area contributed by atoms with Crippen molar-refractivity contribution in [3.63, 3.8) is 0 Å². The molecule has 0 aliphatic rings. The first kappa shape index (κ1) is 24.0. The normalized spacial score (nSPS) is 10.5. The van der Waals surface area contributed by atoms with E-state index in [0.29, 0.717) is 6.42 Å². The number of hydrogen-bond donors (Lipinski definition) is 1. The molecule has 0 aliphatic carbocycles. The van der Waals surface area contributed by atoms with Gasteiger partial charge in [-0.2, -0.15) is 0 Å².